The van der Waals surface area contributed by atoms with Gasteiger partial charge in [0.2, 0.25) is 0 Å². The molecule has 0 fully saturated rings. The van der Waals surface area contributed by atoms with Crippen LogP contribution < -0.4 is 10.3 Å². The molecule has 0 aliphatic heterocycles. The Morgan fingerprint density at radius 2 is 1.81 bits per heavy atom. The number of aromatic nitrogens is 2. The van der Waals surface area contributed by atoms with E-state index in [1.807, 2.05) is 61.5 Å². The molecule has 0 saturated carbocycles. The first-order valence-corrected chi connectivity index (χ1v) is 10.5. The standard InChI is InChI=1S/C26H25N3O3/c1-18-6-5-7-20(16-18)26(31)29(15-14-19-10-12-21(32-2)13-11-19)17-24-27-23-9-4-3-8-22(23)25(30)28-24/h3-13,16H,14-15,17H2,1-2H3,(H,27,28,30). The Bertz CT molecular complexity index is 1300. The lowest BCUT2D eigenvalue weighted by Crippen LogP contribution is -2.34. The van der Waals surface area contributed by atoms with Crippen molar-refractivity contribution in [3.05, 3.63) is 106 Å². The summed E-state index contributed by atoms with van der Waals surface area (Å²) in [6, 6.07) is 22.5. The van der Waals surface area contributed by atoms with Crippen LogP contribution in [0.2, 0.25) is 0 Å². The summed E-state index contributed by atoms with van der Waals surface area (Å²) in [4.78, 5) is 35.0. The number of aromatic amines is 1. The van der Waals surface area contributed by atoms with Crippen molar-refractivity contribution in [3.8, 4) is 5.75 Å². The average molecular weight is 428 g/mol. The zero-order valence-electron chi connectivity index (χ0n) is 18.2. The van der Waals surface area contributed by atoms with Crippen LogP contribution in [0.4, 0.5) is 0 Å². The summed E-state index contributed by atoms with van der Waals surface area (Å²) in [7, 11) is 1.63. The summed E-state index contributed by atoms with van der Waals surface area (Å²) >= 11 is 0. The fourth-order valence-electron chi connectivity index (χ4n) is 3.66. The fourth-order valence-corrected chi connectivity index (χ4v) is 3.66. The number of nitrogens with zero attached hydrogens (tertiary/aromatic N) is 2. The van der Waals surface area contributed by atoms with Gasteiger partial charge in [-0.3, -0.25) is 9.59 Å². The Morgan fingerprint density at radius 3 is 2.56 bits per heavy atom. The van der Waals surface area contributed by atoms with Crippen LogP contribution in [0, 0.1) is 6.92 Å². The maximum atomic E-state index is 13.4. The number of amides is 1. The molecule has 32 heavy (non-hydrogen) atoms. The predicted octanol–water partition coefficient (Wildman–Crippen LogP) is 4.13. The maximum Gasteiger partial charge on any atom is 0.258 e. The lowest BCUT2D eigenvalue weighted by atomic mass is 10.1. The van der Waals surface area contributed by atoms with Crippen molar-refractivity contribution in [2.75, 3.05) is 13.7 Å². The van der Waals surface area contributed by atoms with Crippen molar-refractivity contribution < 1.29 is 9.53 Å². The second-order valence-electron chi connectivity index (χ2n) is 7.72. The molecule has 0 radical (unpaired) electrons. The fraction of sp³-hybridized carbons (Fsp3) is 0.192. The molecule has 0 atom stereocenters. The van der Waals surface area contributed by atoms with E-state index in [4.69, 9.17) is 4.74 Å². The summed E-state index contributed by atoms with van der Waals surface area (Å²) < 4.78 is 5.22. The highest BCUT2D eigenvalue weighted by Crippen LogP contribution is 2.15. The number of H-pyrrole nitrogens is 1. The van der Waals surface area contributed by atoms with Crippen LogP contribution in [0.15, 0.2) is 77.6 Å². The second kappa shape index (κ2) is 9.47. The summed E-state index contributed by atoms with van der Waals surface area (Å²) in [5.41, 5.74) is 3.13. The molecule has 0 saturated heterocycles. The Kier molecular flexibility index (Phi) is 6.31. The monoisotopic (exact) mass is 427 g/mol. The van der Waals surface area contributed by atoms with Crippen LogP contribution in [0.5, 0.6) is 5.75 Å². The summed E-state index contributed by atoms with van der Waals surface area (Å²) in [6.45, 7) is 2.65. The van der Waals surface area contributed by atoms with E-state index in [0.717, 1.165) is 16.9 Å². The molecule has 0 spiro atoms. The van der Waals surface area contributed by atoms with Crippen molar-refractivity contribution in [2.45, 2.75) is 19.9 Å². The van der Waals surface area contributed by atoms with Gasteiger partial charge in [-0.1, -0.05) is 42.0 Å². The number of hydrogen-bond acceptors (Lipinski definition) is 4. The Labute approximate surface area is 186 Å². The van der Waals surface area contributed by atoms with Gasteiger partial charge in [0, 0.05) is 12.1 Å². The number of ether oxygens (including phenoxy) is 1. The highest BCUT2D eigenvalue weighted by Gasteiger charge is 2.18. The van der Waals surface area contributed by atoms with Crippen LogP contribution in [-0.2, 0) is 13.0 Å². The average Bonchev–Trinajstić information content (AvgIpc) is 2.81. The molecule has 0 unspecified atom stereocenters. The molecule has 1 aromatic heterocycles. The third-order valence-electron chi connectivity index (χ3n) is 5.38. The lowest BCUT2D eigenvalue weighted by Gasteiger charge is -2.23. The minimum Gasteiger partial charge on any atom is -0.497 e. The first kappa shape index (κ1) is 21.3. The van der Waals surface area contributed by atoms with Crippen LogP contribution in [0.3, 0.4) is 0 Å². The van der Waals surface area contributed by atoms with Gasteiger partial charge in [-0.25, -0.2) is 4.98 Å². The number of para-hydroxylation sites is 1. The number of rotatable bonds is 7. The van der Waals surface area contributed by atoms with Crippen molar-refractivity contribution in [2.24, 2.45) is 0 Å². The zero-order valence-corrected chi connectivity index (χ0v) is 18.2. The number of fused-ring (bicyclic) bond motifs is 1. The van der Waals surface area contributed by atoms with E-state index in [2.05, 4.69) is 9.97 Å². The highest BCUT2D eigenvalue weighted by molar-refractivity contribution is 5.94. The lowest BCUT2D eigenvalue weighted by molar-refractivity contribution is 0.0740. The van der Waals surface area contributed by atoms with Crippen LogP contribution in [0.25, 0.3) is 10.9 Å². The van der Waals surface area contributed by atoms with Crippen molar-refractivity contribution in [1.29, 1.82) is 0 Å². The number of benzene rings is 3. The molecule has 0 aliphatic carbocycles. The van der Waals surface area contributed by atoms with Gasteiger partial charge in [0.25, 0.3) is 11.5 Å². The Balaban J connectivity index is 1.61. The SMILES string of the molecule is COc1ccc(CCN(Cc2nc3ccccc3c(=O)[nH]2)C(=O)c2cccc(C)c2)cc1. The Morgan fingerprint density at radius 1 is 1.03 bits per heavy atom. The molecule has 0 aliphatic rings. The largest absolute Gasteiger partial charge is 0.497 e. The van der Waals surface area contributed by atoms with Crippen LogP contribution in [0.1, 0.15) is 27.3 Å². The van der Waals surface area contributed by atoms with Gasteiger partial charge in [-0.05, 0) is 55.3 Å². The number of carbonyl (C=O) groups is 1. The summed E-state index contributed by atoms with van der Waals surface area (Å²) in [6.07, 6.45) is 0.666. The van der Waals surface area contributed by atoms with Gasteiger partial charge in [0.1, 0.15) is 11.6 Å². The third kappa shape index (κ3) is 4.86. The molecule has 1 N–H and O–H groups in total. The minimum atomic E-state index is -0.205. The zero-order chi connectivity index (χ0) is 22.5. The van der Waals surface area contributed by atoms with Crippen molar-refractivity contribution in [3.63, 3.8) is 0 Å². The van der Waals surface area contributed by atoms with E-state index in [9.17, 15) is 9.59 Å². The smallest absolute Gasteiger partial charge is 0.258 e. The van der Waals surface area contributed by atoms with E-state index in [-0.39, 0.29) is 18.0 Å². The van der Waals surface area contributed by atoms with E-state index >= 15 is 0 Å². The van der Waals surface area contributed by atoms with Gasteiger partial charge in [0.15, 0.2) is 0 Å². The van der Waals surface area contributed by atoms with Crippen LogP contribution in [-0.4, -0.2) is 34.4 Å². The molecule has 1 amide bonds. The second-order valence-corrected chi connectivity index (χ2v) is 7.72. The molecule has 6 heteroatoms. The van der Waals surface area contributed by atoms with E-state index in [1.165, 1.54) is 0 Å². The number of aryl methyl sites for hydroxylation is 1. The molecular weight excluding hydrogens is 402 g/mol. The number of hydrogen-bond donors (Lipinski definition) is 1. The van der Waals surface area contributed by atoms with Crippen molar-refractivity contribution in [1.82, 2.24) is 14.9 Å². The van der Waals surface area contributed by atoms with Gasteiger partial charge in [0.05, 0.1) is 24.6 Å². The van der Waals surface area contributed by atoms with Crippen LogP contribution >= 0.6 is 0 Å². The van der Waals surface area contributed by atoms with Gasteiger partial charge >= 0.3 is 0 Å². The summed E-state index contributed by atoms with van der Waals surface area (Å²) in [5.74, 6) is 1.15. The topological polar surface area (TPSA) is 75.3 Å². The van der Waals surface area contributed by atoms with Gasteiger partial charge in [-0.2, -0.15) is 0 Å². The predicted molar refractivity (Wildman–Crippen MR) is 125 cm³/mol. The van der Waals surface area contributed by atoms with Gasteiger partial charge in [-0.15, -0.1) is 0 Å². The number of nitrogens with one attached hydrogen (secondary N) is 1. The molecule has 162 valence electrons. The van der Waals surface area contributed by atoms with Gasteiger partial charge < -0.3 is 14.6 Å². The number of methoxy groups -OCH3 is 1. The third-order valence-corrected chi connectivity index (χ3v) is 5.38. The van der Waals surface area contributed by atoms with E-state index in [1.54, 1.807) is 30.2 Å². The minimum absolute atomic E-state index is 0.0991. The molecule has 1 heterocycles. The normalized spacial score (nSPS) is 10.8. The molecule has 4 rings (SSSR count). The Hall–Kier alpha value is -3.93. The molecule has 4 aromatic rings. The maximum absolute atomic E-state index is 13.4. The molecule has 6 nitrogen and oxygen atoms in total. The van der Waals surface area contributed by atoms with E-state index in [0.29, 0.717) is 35.3 Å². The quantitative estimate of drug-likeness (QED) is 0.481. The highest BCUT2D eigenvalue weighted by atomic mass is 16.5. The molecular formula is C26H25N3O3. The van der Waals surface area contributed by atoms with E-state index < -0.39 is 0 Å². The first-order valence-electron chi connectivity index (χ1n) is 10.5. The number of carbonyl (C=O) groups excluding carboxylic acids is 1. The molecule has 0 bridgehead atoms. The molecule has 3 aromatic carbocycles. The first-order chi connectivity index (χ1) is 15.5. The van der Waals surface area contributed by atoms with Crippen molar-refractivity contribution >= 4 is 16.8 Å². The summed E-state index contributed by atoms with van der Waals surface area (Å²) in [5, 5.41) is 0.533.